The number of nitrogens with zero attached hydrogens (tertiary/aromatic N) is 4. The summed E-state index contributed by atoms with van der Waals surface area (Å²) >= 11 is 0. The number of rotatable bonds is 34. The van der Waals surface area contributed by atoms with Gasteiger partial charge in [0.2, 0.25) is 53.2 Å². The monoisotopic (exact) mass is 1220 g/mol. The van der Waals surface area contributed by atoms with Gasteiger partial charge in [-0.2, -0.15) is 0 Å². The number of hydrogen-bond acceptors (Lipinski definition) is 11. The van der Waals surface area contributed by atoms with Crippen LogP contribution in [-0.4, -0.2) is 167 Å². The average Bonchev–Trinajstić information content (AvgIpc) is 1.92. The van der Waals surface area contributed by atoms with Gasteiger partial charge < -0.3 is 63.2 Å². The van der Waals surface area contributed by atoms with Gasteiger partial charge in [-0.05, 0) is 93.4 Å². The molecule has 4 rings (SSSR count). The maximum absolute atomic E-state index is 15.0. The Balaban J connectivity index is 1.53. The molecule has 3 fully saturated rings. The predicted octanol–water partition coefficient (Wildman–Crippen LogP) is 4.73. The fourth-order valence-electron chi connectivity index (χ4n) is 12.1. The average molecular weight is 1220 g/mol. The minimum Gasteiger partial charge on any atom is -0.391 e. The summed E-state index contributed by atoms with van der Waals surface area (Å²) in [5, 5.41) is 28.9. The molecule has 3 aliphatic rings. The molecule has 22 heteroatoms. The van der Waals surface area contributed by atoms with E-state index in [1.807, 2.05) is 71.9 Å². The number of aliphatic imine (C=N–C) groups is 1. The molecule has 490 valence electrons. The van der Waals surface area contributed by atoms with Crippen molar-refractivity contribution >= 4 is 59.1 Å². The number of carbonyl (C=O) groups excluding carboxylic acids is 9. The maximum atomic E-state index is 15.0. The quantitative estimate of drug-likeness (QED) is 0.0196. The number of aliphatic hydroxyl groups is 1. The number of nitrogens with one attached hydrogen (secondary N) is 6. The minimum atomic E-state index is -1.24. The molecule has 9 amide bonds. The second-order valence-corrected chi connectivity index (χ2v) is 26.4. The summed E-state index contributed by atoms with van der Waals surface area (Å²) in [6, 6.07) is 1.31. The number of nitrogens with two attached hydrogens (primary N) is 2. The first-order chi connectivity index (χ1) is 41.3. The Bertz CT molecular complexity index is 2390. The Morgan fingerprint density at radius 3 is 1.89 bits per heavy atom. The molecule has 1 saturated carbocycles. The van der Waals surface area contributed by atoms with Crippen LogP contribution < -0.4 is 43.4 Å². The van der Waals surface area contributed by atoms with Gasteiger partial charge in [-0.25, -0.2) is 0 Å². The largest absolute Gasteiger partial charge is 0.391 e. The molecular weight excluding hydrogens is 1110 g/mol. The molecule has 2 heterocycles. The van der Waals surface area contributed by atoms with Gasteiger partial charge in [0, 0.05) is 58.5 Å². The van der Waals surface area contributed by atoms with E-state index in [0.717, 1.165) is 76.2 Å². The van der Waals surface area contributed by atoms with Crippen molar-refractivity contribution < 1.29 is 48.3 Å². The van der Waals surface area contributed by atoms with Crippen LogP contribution in [-0.2, 0) is 49.6 Å². The summed E-state index contributed by atoms with van der Waals surface area (Å²) in [7, 11) is 1.46. The van der Waals surface area contributed by atoms with Gasteiger partial charge in [-0.3, -0.25) is 48.1 Å². The van der Waals surface area contributed by atoms with Crippen LogP contribution in [0.25, 0.3) is 0 Å². The van der Waals surface area contributed by atoms with E-state index in [1.165, 1.54) is 16.8 Å². The first-order valence-electron chi connectivity index (χ1n) is 32.7. The molecule has 0 unspecified atom stereocenters. The maximum Gasteiger partial charge on any atom is 0.245 e. The Morgan fingerprint density at radius 1 is 0.655 bits per heavy atom. The number of carbonyl (C=O) groups is 9. The molecule has 87 heavy (non-hydrogen) atoms. The zero-order valence-corrected chi connectivity index (χ0v) is 54.2. The standard InChI is InChI=1S/C65H110N12O10/c1-11-12-13-14-22-31-55(79)76-33-24-27-46(39-76)57(80)71-51(37-45-25-18-17-19-26-45)60(83)72-50(34-41(2)3)59(82)73-52(35-42(4)5)63(86)77-40-48(78)38-54(77)64(87)75(10)53(36-43(6)7)61(84)74-56(44(8)9)62(85)70-49(30-23-32-68-65(66)67)58(81)69-47-28-20-15-16-21-29-47/h17-19,25-26,41-44,46-54,56,78H,11-16,20-24,27-40H2,1-10H3,(H,69,81)(H,70,85)(H,71,80)(H,72,83)(H,73,82)(H,74,84)(H4,66,67,68)/t46-,48+,49-,50-,51-,52-,53-,54-,56-/m0/s1. The molecule has 1 aliphatic carbocycles. The van der Waals surface area contributed by atoms with Crippen LogP contribution in [0, 0.1) is 29.6 Å². The van der Waals surface area contributed by atoms with Crippen LogP contribution in [0.5, 0.6) is 0 Å². The van der Waals surface area contributed by atoms with E-state index in [4.69, 9.17) is 11.5 Å². The normalized spacial score (nSPS) is 19.5. The molecule has 0 radical (unpaired) electrons. The Hall–Kier alpha value is -6.32. The van der Waals surface area contributed by atoms with Crippen LogP contribution in [0.2, 0.25) is 0 Å². The van der Waals surface area contributed by atoms with Crippen LogP contribution in [0.3, 0.4) is 0 Å². The first kappa shape index (κ1) is 73.2. The van der Waals surface area contributed by atoms with Gasteiger partial charge in [-0.1, -0.05) is 144 Å². The second-order valence-electron chi connectivity index (χ2n) is 26.4. The van der Waals surface area contributed by atoms with E-state index in [0.29, 0.717) is 32.2 Å². The predicted molar refractivity (Wildman–Crippen MR) is 338 cm³/mol. The van der Waals surface area contributed by atoms with E-state index < -0.39 is 95.7 Å². The Morgan fingerprint density at radius 2 is 1.26 bits per heavy atom. The van der Waals surface area contributed by atoms with Crippen molar-refractivity contribution in [2.24, 2.45) is 46.0 Å². The first-order valence-corrected chi connectivity index (χ1v) is 32.7. The molecule has 22 nitrogen and oxygen atoms in total. The molecule has 1 aromatic rings. The van der Waals surface area contributed by atoms with Crippen LogP contribution in [0.1, 0.15) is 196 Å². The molecular formula is C65H110N12O10. The summed E-state index contributed by atoms with van der Waals surface area (Å²) in [4.78, 5) is 137. The van der Waals surface area contributed by atoms with Gasteiger partial charge in [-0.15, -0.1) is 0 Å². The van der Waals surface area contributed by atoms with E-state index >= 15 is 0 Å². The second kappa shape index (κ2) is 37.5. The number of piperidine rings is 1. The van der Waals surface area contributed by atoms with Crippen molar-refractivity contribution in [3.05, 3.63) is 35.9 Å². The van der Waals surface area contributed by atoms with Crippen molar-refractivity contribution in [3.63, 3.8) is 0 Å². The number of likely N-dealkylation sites (tertiary alicyclic amines) is 2. The van der Waals surface area contributed by atoms with Gasteiger partial charge in [0.15, 0.2) is 5.96 Å². The zero-order valence-electron chi connectivity index (χ0n) is 54.2. The fraction of sp³-hybridized carbons (Fsp3) is 0.754. The lowest BCUT2D eigenvalue weighted by atomic mass is 9.95. The summed E-state index contributed by atoms with van der Waals surface area (Å²) in [6.07, 6.45) is 12.5. The molecule has 0 aromatic heterocycles. The highest BCUT2D eigenvalue weighted by Crippen LogP contribution is 2.26. The highest BCUT2D eigenvalue weighted by atomic mass is 16.3. The third-order valence-corrected chi connectivity index (χ3v) is 16.9. The van der Waals surface area contributed by atoms with Crippen molar-refractivity contribution in [2.75, 3.05) is 33.2 Å². The van der Waals surface area contributed by atoms with Gasteiger partial charge in [0.1, 0.15) is 42.3 Å². The van der Waals surface area contributed by atoms with Gasteiger partial charge in [0.05, 0.1) is 12.0 Å². The third kappa shape index (κ3) is 25.0. The van der Waals surface area contributed by atoms with E-state index in [1.54, 1.807) is 18.7 Å². The molecule has 2 saturated heterocycles. The van der Waals surface area contributed by atoms with Gasteiger partial charge >= 0.3 is 0 Å². The number of unbranched alkanes of at least 4 members (excludes halogenated alkanes) is 4. The van der Waals surface area contributed by atoms with E-state index in [-0.39, 0.29) is 106 Å². The Labute approximate surface area is 518 Å². The summed E-state index contributed by atoms with van der Waals surface area (Å²) in [5.74, 6) is -5.83. The minimum absolute atomic E-state index is 0.0252. The third-order valence-electron chi connectivity index (χ3n) is 16.9. The summed E-state index contributed by atoms with van der Waals surface area (Å²) < 4.78 is 0. The lowest BCUT2D eigenvalue weighted by Gasteiger charge is -2.36. The fourth-order valence-corrected chi connectivity index (χ4v) is 12.1. The molecule has 11 N–H and O–H groups in total. The number of likely N-dealkylation sites (N-methyl/N-ethyl adjacent to an activating group) is 1. The smallest absolute Gasteiger partial charge is 0.245 e. The molecule has 2 aliphatic heterocycles. The van der Waals surface area contributed by atoms with Crippen molar-refractivity contribution in [2.45, 2.75) is 252 Å². The lowest BCUT2D eigenvalue weighted by molar-refractivity contribution is -0.149. The number of hydrogen-bond donors (Lipinski definition) is 9. The highest BCUT2D eigenvalue weighted by molar-refractivity contribution is 5.98. The number of amides is 9. The molecule has 9 atom stereocenters. The molecule has 0 spiro atoms. The summed E-state index contributed by atoms with van der Waals surface area (Å²) in [6.45, 7) is 17.8. The van der Waals surface area contributed by atoms with Crippen molar-refractivity contribution in [3.8, 4) is 0 Å². The zero-order chi connectivity index (χ0) is 64.3. The number of guanidine groups is 1. The van der Waals surface area contributed by atoms with E-state index in [9.17, 15) is 48.3 Å². The van der Waals surface area contributed by atoms with Gasteiger partial charge in [0.25, 0.3) is 0 Å². The lowest BCUT2D eigenvalue weighted by Crippen LogP contribution is -2.61. The SMILES string of the molecule is CCCCCCCC(=O)N1CCC[C@H](C(=O)N[C@@H](Cc2ccccc2)C(=O)N[C@@H](CC(C)C)C(=O)N[C@@H](CC(C)C)C(=O)N2C[C@H](O)C[C@H]2C(=O)N(C)[C@@H](CC(C)C)C(=O)N[C@H](C(=O)N[C@@H](CCCN=C(N)N)C(=O)NC2CCCCCC2)C(C)C)C1. The van der Waals surface area contributed by atoms with Crippen molar-refractivity contribution in [1.82, 2.24) is 46.6 Å². The van der Waals surface area contributed by atoms with Crippen LogP contribution in [0.4, 0.5) is 0 Å². The summed E-state index contributed by atoms with van der Waals surface area (Å²) in [5.41, 5.74) is 11.9. The topological polar surface area (TPSA) is 320 Å². The molecule has 1 aromatic carbocycles. The number of benzene rings is 1. The van der Waals surface area contributed by atoms with E-state index in [2.05, 4.69) is 43.8 Å². The highest BCUT2D eigenvalue weighted by Gasteiger charge is 2.45. The Kier molecular flexibility index (Phi) is 31.5. The number of aliphatic hydroxyl groups excluding tert-OH is 1. The van der Waals surface area contributed by atoms with Crippen molar-refractivity contribution in [1.29, 1.82) is 0 Å². The van der Waals surface area contributed by atoms with Crippen LogP contribution >= 0.6 is 0 Å². The molecule has 0 bridgehead atoms. The van der Waals surface area contributed by atoms with Crippen LogP contribution in [0.15, 0.2) is 35.3 Å². The number of β-amino-alcohol motifs (C(OH)–C–C–N with tert-alkyl or cyclic N) is 1.